The zero-order chi connectivity index (χ0) is 18.9. The summed E-state index contributed by atoms with van der Waals surface area (Å²) in [5.41, 5.74) is 7.12. The molecule has 0 aliphatic carbocycles. The number of aromatic nitrogens is 1. The van der Waals surface area contributed by atoms with Gasteiger partial charge in [-0.2, -0.15) is 13.2 Å². The van der Waals surface area contributed by atoms with Crippen molar-refractivity contribution in [1.29, 1.82) is 0 Å². The van der Waals surface area contributed by atoms with Crippen LogP contribution < -0.4 is 10.5 Å². The molecular weight excluding hydrogens is 372 g/mol. The fraction of sp³-hybridized carbons (Fsp3) is 0.0588. The van der Waals surface area contributed by atoms with E-state index in [0.29, 0.717) is 11.3 Å². The first-order valence-corrected chi connectivity index (χ1v) is 7.98. The number of benzene rings is 1. The van der Waals surface area contributed by atoms with Gasteiger partial charge >= 0.3 is 6.18 Å². The second-order valence-corrected chi connectivity index (χ2v) is 6.04. The monoisotopic (exact) mass is 381 g/mol. The lowest BCUT2D eigenvalue weighted by Gasteiger charge is -2.07. The lowest BCUT2D eigenvalue weighted by Crippen LogP contribution is -2.01. The number of amides is 1. The van der Waals surface area contributed by atoms with Crippen LogP contribution in [0.15, 0.2) is 47.8 Å². The summed E-state index contributed by atoms with van der Waals surface area (Å²) in [6, 6.07) is 8.80. The van der Waals surface area contributed by atoms with Gasteiger partial charge < -0.3 is 4.74 Å². The Hall–Kier alpha value is -2.94. The minimum atomic E-state index is -4.46. The Labute approximate surface area is 148 Å². The van der Waals surface area contributed by atoms with E-state index in [1.54, 1.807) is 0 Å². The summed E-state index contributed by atoms with van der Waals surface area (Å²) in [5.74, 6) is -1.79. The van der Waals surface area contributed by atoms with Crippen molar-refractivity contribution in [2.24, 2.45) is 0 Å². The van der Waals surface area contributed by atoms with Gasteiger partial charge in [-0.25, -0.2) is 9.37 Å². The van der Waals surface area contributed by atoms with E-state index in [9.17, 15) is 22.4 Å². The summed E-state index contributed by atoms with van der Waals surface area (Å²) in [6.07, 6.45) is -4.46. The van der Waals surface area contributed by atoms with Gasteiger partial charge in [0.15, 0.2) is 0 Å². The summed E-state index contributed by atoms with van der Waals surface area (Å²) in [7, 11) is 0. The van der Waals surface area contributed by atoms with Crippen molar-refractivity contribution in [2.75, 3.05) is 0 Å². The Morgan fingerprint density at radius 3 is 2.54 bits per heavy atom. The molecule has 2 heterocycles. The Morgan fingerprint density at radius 1 is 1.15 bits per heavy atom. The minimum Gasteiger partial charge on any atom is -0.438 e. The molecule has 0 saturated heterocycles. The highest BCUT2D eigenvalue weighted by Gasteiger charge is 2.32. The number of thiophene rings is 1. The molecule has 1 amide bonds. The number of carbonyl (C=O) groups is 1. The molecule has 0 unspecified atom stereocenters. The molecule has 1 radical (unpaired) electrons. The highest BCUT2D eigenvalue weighted by molar-refractivity contribution is 7.10. The summed E-state index contributed by atoms with van der Waals surface area (Å²) in [6.45, 7) is 0. The Morgan fingerprint density at radius 2 is 1.92 bits per heavy atom. The highest BCUT2D eigenvalue weighted by Crippen LogP contribution is 2.37. The van der Waals surface area contributed by atoms with Gasteiger partial charge in [0.05, 0.1) is 5.69 Å². The molecule has 0 atom stereocenters. The fourth-order valence-electron chi connectivity index (χ4n) is 2.13. The highest BCUT2D eigenvalue weighted by atomic mass is 32.1. The quantitative estimate of drug-likeness (QED) is 0.585. The first-order valence-electron chi connectivity index (χ1n) is 7.10. The lowest BCUT2D eigenvalue weighted by atomic mass is 10.1. The van der Waals surface area contributed by atoms with Crippen LogP contribution in [0.2, 0.25) is 0 Å². The topological polar surface area (TPSA) is 63.0 Å². The van der Waals surface area contributed by atoms with Gasteiger partial charge in [0.25, 0.3) is 5.91 Å². The van der Waals surface area contributed by atoms with E-state index in [0.717, 1.165) is 12.1 Å². The third-order valence-corrected chi connectivity index (χ3v) is 4.26. The van der Waals surface area contributed by atoms with Crippen LogP contribution in [-0.4, -0.2) is 10.9 Å². The van der Waals surface area contributed by atoms with Crippen LogP contribution in [0.25, 0.3) is 11.3 Å². The first-order chi connectivity index (χ1) is 12.2. The standard InChI is InChI=1S/C17H9F4N2O2S/c18-12-6-9(16(22)24)4-5-11(12)13-2-1-3-15(23-13)25-10-7-14(26-8-10)17(19,20)21/h1-8,22H. The lowest BCUT2D eigenvalue weighted by molar-refractivity contribution is -0.134. The molecule has 2 aromatic heterocycles. The maximum Gasteiger partial charge on any atom is 0.425 e. The molecule has 0 bridgehead atoms. The Bertz CT molecular complexity index is 969. The predicted octanol–water partition coefficient (Wildman–Crippen LogP) is 5.18. The van der Waals surface area contributed by atoms with Crippen LogP contribution in [-0.2, 0) is 6.18 Å². The SMILES string of the molecule is [NH]C(=O)c1ccc(-c2cccc(Oc3csc(C(F)(F)F)c3)n2)c(F)c1. The first kappa shape index (κ1) is 17.9. The van der Waals surface area contributed by atoms with Crippen LogP contribution in [0, 0.1) is 5.82 Å². The van der Waals surface area contributed by atoms with E-state index in [4.69, 9.17) is 10.5 Å². The molecule has 0 saturated carbocycles. The number of nitrogens with one attached hydrogen (secondary N) is 1. The number of hydrogen-bond donors (Lipinski definition) is 0. The van der Waals surface area contributed by atoms with E-state index in [2.05, 4.69) is 4.98 Å². The maximum atomic E-state index is 14.1. The van der Waals surface area contributed by atoms with Crippen LogP contribution in [0.4, 0.5) is 17.6 Å². The number of nitrogens with zero attached hydrogens (tertiary/aromatic N) is 1. The molecule has 0 aliphatic heterocycles. The minimum absolute atomic E-state index is 0.00549. The van der Waals surface area contributed by atoms with Crippen LogP contribution in [0.3, 0.4) is 0 Å². The van der Waals surface area contributed by atoms with Crippen molar-refractivity contribution in [3.63, 3.8) is 0 Å². The van der Waals surface area contributed by atoms with Crippen molar-refractivity contribution in [2.45, 2.75) is 6.18 Å². The second-order valence-electron chi connectivity index (χ2n) is 5.13. The molecule has 1 N–H and O–H groups in total. The number of pyridine rings is 1. The van der Waals surface area contributed by atoms with Gasteiger partial charge in [-0.15, -0.1) is 11.3 Å². The molecule has 3 rings (SSSR count). The van der Waals surface area contributed by atoms with Crippen LogP contribution in [0.1, 0.15) is 15.2 Å². The van der Waals surface area contributed by atoms with Gasteiger partial charge in [-0.05, 0) is 24.3 Å². The number of rotatable bonds is 4. The van der Waals surface area contributed by atoms with E-state index in [1.807, 2.05) is 0 Å². The molecule has 0 spiro atoms. The van der Waals surface area contributed by atoms with Gasteiger partial charge in [0.1, 0.15) is 16.4 Å². The smallest absolute Gasteiger partial charge is 0.425 e. The van der Waals surface area contributed by atoms with Gasteiger partial charge in [0.2, 0.25) is 5.88 Å². The number of ether oxygens (including phenoxy) is 1. The molecule has 1 aromatic carbocycles. The van der Waals surface area contributed by atoms with Gasteiger partial charge in [0, 0.05) is 28.6 Å². The zero-order valence-corrected chi connectivity index (χ0v) is 13.6. The molecule has 0 fully saturated rings. The molecule has 3 aromatic rings. The Balaban J connectivity index is 1.87. The van der Waals surface area contributed by atoms with E-state index in [1.165, 1.54) is 35.7 Å². The van der Waals surface area contributed by atoms with Gasteiger partial charge in [-0.1, -0.05) is 6.07 Å². The molecule has 0 aliphatic rings. The molecule has 26 heavy (non-hydrogen) atoms. The van der Waals surface area contributed by atoms with Crippen LogP contribution in [0.5, 0.6) is 11.6 Å². The van der Waals surface area contributed by atoms with Crippen LogP contribution >= 0.6 is 11.3 Å². The third-order valence-electron chi connectivity index (χ3n) is 3.31. The molecular formula is C17H9F4N2O2S. The van der Waals surface area contributed by atoms with E-state index < -0.39 is 22.8 Å². The number of hydrogen-bond acceptors (Lipinski definition) is 4. The maximum absolute atomic E-state index is 14.1. The van der Waals surface area contributed by atoms with E-state index in [-0.39, 0.29) is 28.5 Å². The number of carbonyl (C=O) groups excluding carboxylic acids is 1. The average molecular weight is 381 g/mol. The van der Waals surface area contributed by atoms with Crippen molar-refractivity contribution in [3.05, 3.63) is 64.1 Å². The largest absolute Gasteiger partial charge is 0.438 e. The second kappa shape index (κ2) is 6.75. The summed E-state index contributed by atoms with van der Waals surface area (Å²) in [5, 5.41) is 1.20. The average Bonchev–Trinajstić information content (AvgIpc) is 3.03. The number of alkyl halides is 3. The van der Waals surface area contributed by atoms with E-state index >= 15 is 0 Å². The van der Waals surface area contributed by atoms with Crippen molar-refractivity contribution in [3.8, 4) is 22.9 Å². The Kier molecular flexibility index (Phi) is 4.64. The molecule has 133 valence electrons. The molecule has 4 nitrogen and oxygen atoms in total. The summed E-state index contributed by atoms with van der Waals surface area (Å²) >= 11 is 0.496. The van der Waals surface area contributed by atoms with Crippen molar-refractivity contribution < 1.29 is 27.1 Å². The fourth-order valence-corrected chi connectivity index (χ4v) is 2.80. The van der Waals surface area contributed by atoms with Crippen molar-refractivity contribution in [1.82, 2.24) is 10.7 Å². The molecule has 9 heteroatoms. The zero-order valence-electron chi connectivity index (χ0n) is 12.8. The number of halogens is 4. The van der Waals surface area contributed by atoms with Crippen molar-refractivity contribution >= 4 is 17.2 Å². The third kappa shape index (κ3) is 3.83. The van der Waals surface area contributed by atoms with Gasteiger partial charge in [-0.3, -0.25) is 10.5 Å². The summed E-state index contributed by atoms with van der Waals surface area (Å²) in [4.78, 5) is 14.2. The summed E-state index contributed by atoms with van der Waals surface area (Å²) < 4.78 is 57.3. The normalized spacial score (nSPS) is 11.4. The predicted molar refractivity (Wildman–Crippen MR) is 86.5 cm³/mol.